The SMILES string of the molecule is CN(C)CC1C(=O)O[C@@H]2[C@H]3O[C@]3(C)CC/C=C(/COC(=O)c3cc4ccccc4[nH]3)CC[C@@H]12.O=C(O)/C=C/C(=O)O. The number of H-pyrrole nitrogens is 1. The van der Waals surface area contributed by atoms with Crippen LogP contribution < -0.4 is 0 Å². The molecule has 3 aliphatic rings. The van der Waals surface area contributed by atoms with Crippen molar-refractivity contribution in [2.75, 3.05) is 27.2 Å². The van der Waals surface area contributed by atoms with E-state index in [-0.39, 0.29) is 48.2 Å². The van der Waals surface area contributed by atoms with Crippen LogP contribution in [0.5, 0.6) is 0 Å². The number of carbonyl (C=O) groups excluding carboxylic acids is 2. The van der Waals surface area contributed by atoms with Gasteiger partial charge in [-0.15, -0.1) is 0 Å². The Labute approximate surface area is 237 Å². The van der Waals surface area contributed by atoms with E-state index in [4.69, 9.17) is 24.4 Å². The van der Waals surface area contributed by atoms with Gasteiger partial charge in [0.25, 0.3) is 0 Å². The summed E-state index contributed by atoms with van der Waals surface area (Å²) in [6.07, 6.45) is 6.36. The number of esters is 2. The van der Waals surface area contributed by atoms with Gasteiger partial charge in [-0.1, -0.05) is 24.3 Å². The van der Waals surface area contributed by atoms with Gasteiger partial charge in [-0.3, -0.25) is 4.79 Å². The van der Waals surface area contributed by atoms with E-state index in [0.717, 1.165) is 42.2 Å². The van der Waals surface area contributed by atoms with Gasteiger partial charge in [-0.2, -0.15) is 0 Å². The molecule has 0 bridgehead atoms. The molecule has 5 rings (SSSR count). The predicted octanol–water partition coefficient (Wildman–Crippen LogP) is 3.41. The first-order valence-electron chi connectivity index (χ1n) is 13.6. The highest BCUT2D eigenvalue weighted by Gasteiger charge is 2.62. The number of hydrogen-bond donors (Lipinski definition) is 3. The summed E-state index contributed by atoms with van der Waals surface area (Å²) >= 11 is 0. The number of allylic oxidation sites excluding steroid dienone is 1. The average molecular weight is 569 g/mol. The van der Waals surface area contributed by atoms with E-state index >= 15 is 0 Å². The van der Waals surface area contributed by atoms with E-state index in [2.05, 4.69) is 18.0 Å². The quantitative estimate of drug-likeness (QED) is 0.196. The standard InChI is InChI=1S/C26H32N2O5.C4H4O4/c1-26-12-6-7-16(15-31-25(30)21-13-17-8-4-5-9-20(17)27-21)10-11-18-19(14-28(2)3)24(29)32-22(18)23(26)33-26;5-3(6)1-2-4(7)8/h4-5,7-9,13,18-19,22-23,27H,6,10-12,14-15H2,1-3H3;1-2H,(H,5,6)(H,7,8)/b16-7+;2-1+/t18-,19?,22-,23+,26+;/m0./s1. The molecule has 2 fully saturated rings. The van der Waals surface area contributed by atoms with Crippen molar-refractivity contribution in [2.45, 2.75) is 50.4 Å². The number of nitrogens with one attached hydrogen (secondary N) is 1. The zero-order valence-electron chi connectivity index (χ0n) is 23.4. The third-order valence-corrected chi connectivity index (χ3v) is 7.67. The fourth-order valence-corrected chi connectivity index (χ4v) is 5.55. The maximum absolute atomic E-state index is 12.7. The molecule has 1 unspecified atom stereocenters. The van der Waals surface area contributed by atoms with Gasteiger partial charge in [-0.25, -0.2) is 14.4 Å². The first-order valence-corrected chi connectivity index (χ1v) is 13.6. The zero-order chi connectivity index (χ0) is 29.7. The Morgan fingerprint density at radius 2 is 1.88 bits per heavy atom. The van der Waals surface area contributed by atoms with Gasteiger partial charge in [0.2, 0.25) is 0 Å². The molecule has 2 saturated heterocycles. The summed E-state index contributed by atoms with van der Waals surface area (Å²) in [7, 11) is 3.96. The summed E-state index contributed by atoms with van der Waals surface area (Å²) in [5.41, 5.74) is 2.21. The molecule has 2 aromatic rings. The summed E-state index contributed by atoms with van der Waals surface area (Å²) in [4.78, 5) is 49.6. The Hall–Kier alpha value is -3.96. The van der Waals surface area contributed by atoms with Crippen molar-refractivity contribution in [3.63, 3.8) is 0 Å². The van der Waals surface area contributed by atoms with Crippen LogP contribution in [0.25, 0.3) is 10.9 Å². The Morgan fingerprint density at radius 1 is 1.17 bits per heavy atom. The molecular formula is C30H36N2O9. The third-order valence-electron chi connectivity index (χ3n) is 7.67. The van der Waals surface area contributed by atoms with E-state index in [1.165, 1.54) is 0 Å². The second-order valence-electron chi connectivity index (χ2n) is 11.1. The zero-order valence-corrected chi connectivity index (χ0v) is 23.4. The lowest BCUT2D eigenvalue weighted by molar-refractivity contribution is -0.145. The predicted molar refractivity (Wildman–Crippen MR) is 148 cm³/mol. The molecule has 11 heteroatoms. The van der Waals surface area contributed by atoms with Crippen LogP contribution in [0.4, 0.5) is 0 Å². The Kier molecular flexibility index (Phi) is 9.29. The molecular weight excluding hydrogens is 532 g/mol. The molecule has 3 N–H and O–H groups in total. The number of carbonyl (C=O) groups is 4. The summed E-state index contributed by atoms with van der Waals surface area (Å²) in [5, 5.41) is 16.6. The van der Waals surface area contributed by atoms with E-state index in [1.807, 2.05) is 49.3 Å². The number of hydrogen-bond acceptors (Lipinski definition) is 8. The van der Waals surface area contributed by atoms with Crippen LogP contribution in [-0.4, -0.2) is 89.0 Å². The van der Waals surface area contributed by atoms with E-state index in [9.17, 15) is 19.2 Å². The molecule has 3 heterocycles. The van der Waals surface area contributed by atoms with Crippen LogP contribution in [-0.2, 0) is 28.6 Å². The smallest absolute Gasteiger partial charge is 0.355 e. The van der Waals surface area contributed by atoms with Gasteiger partial charge in [0, 0.05) is 35.5 Å². The number of fused-ring (bicyclic) bond motifs is 4. The van der Waals surface area contributed by atoms with Crippen LogP contribution in [0.15, 0.2) is 54.1 Å². The number of aliphatic carboxylic acids is 2. The van der Waals surface area contributed by atoms with Crippen LogP contribution in [0, 0.1) is 11.8 Å². The summed E-state index contributed by atoms with van der Waals surface area (Å²) in [5.74, 6) is -3.05. The fraction of sp³-hybridized carbons (Fsp3) is 0.467. The van der Waals surface area contributed by atoms with Crippen molar-refractivity contribution >= 4 is 34.8 Å². The van der Waals surface area contributed by atoms with Gasteiger partial charge in [0.15, 0.2) is 0 Å². The molecule has 0 saturated carbocycles. The molecule has 11 nitrogen and oxygen atoms in total. The van der Waals surface area contributed by atoms with Gasteiger partial charge in [0.05, 0.1) is 11.5 Å². The number of nitrogens with zero attached hydrogens (tertiary/aromatic N) is 1. The van der Waals surface area contributed by atoms with E-state index in [0.29, 0.717) is 24.4 Å². The maximum Gasteiger partial charge on any atom is 0.355 e. The van der Waals surface area contributed by atoms with Gasteiger partial charge in [0.1, 0.15) is 24.5 Å². The first kappa shape index (κ1) is 30.0. The van der Waals surface area contributed by atoms with E-state index < -0.39 is 11.9 Å². The highest BCUT2D eigenvalue weighted by molar-refractivity contribution is 5.94. The number of benzene rings is 1. The monoisotopic (exact) mass is 568 g/mol. The molecule has 1 aliphatic carbocycles. The lowest BCUT2D eigenvalue weighted by Gasteiger charge is -2.24. The summed E-state index contributed by atoms with van der Waals surface area (Å²) in [6, 6.07) is 9.60. The van der Waals surface area contributed by atoms with Gasteiger partial charge < -0.3 is 34.3 Å². The largest absolute Gasteiger partial charge is 0.478 e. The number of aromatic nitrogens is 1. The van der Waals surface area contributed by atoms with Crippen LogP contribution in [0.2, 0.25) is 0 Å². The minimum absolute atomic E-state index is 0.0200. The summed E-state index contributed by atoms with van der Waals surface area (Å²) in [6.45, 7) is 3.02. The molecule has 1 aromatic heterocycles. The van der Waals surface area contributed by atoms with Crippen molar-refractivity contribution in [1.29, 1.82) is 0 Å². The minimum Gasteiger partial charge on any atom is -0.478 e. The number of carboxylic acid groups (broad SMARTS) is 2. The lowest BCUT2D eigenvalue weighted by atomic mass is 9.80. The van der Waals surface area contributed by atoms with Crippen molar-refractivity contribution in [3.8, 4) is 0 Å². The van der Waals surface area contributed by atoms with Crippen LogP contribution in [0.1, 0.15) is 43.1 Å². The topological polar surface area (TPSA) is 159 Å². The molecule has 41 heavy (non-hydrogen) atoms. The Bertz CT molecular complexity index is 1310. The Morgan fingerprint density at radius 3 is 2.54 bits per heavy atom. The lowest BCUT2D eigenvalue weighted by Crippen LogP contribution is -2.34. The number of carboxylic acids is 2. The molecule has 0 radical (unpaired) electrons. The number of para-hydroxylation sites is 1. The molecule has 2 aliphatic heterocycles. The highest BCUT2D eigenvalue weighted by Crippen LogP contribution is 2.50. The number of rotatable bonds is 7. The third kappa shape index (κ3) is 7.62. The maximum atomic E-state index is 12.7. The Balaban J connectivity index is 0.000000426. The molecule has 0 amide bonds. The first-order chi connectivity index (χ1) is 19.5. The number of aromatic amines is 1. The number of epoxide rings is 1. The molecule has 5 atom stereocenters. The highest BCUT2D eigenvalue weighted by atomic mass is 16.6. The van der Waals surface area contributed by atoms with Crippen molar-refractivity contribution in [1.82, 2.24) is 9.88 Å². The minimum atomic E-state index is -1.26. The molecule has 1 aromatic carbocycles. The second-order valence-corrected chi connectivity index (χ2v) is 11.1. The van der Waals surface area contributed by atoms with Gasteiger partial charge in [-0.05, 0) is 64.4 Å². The van der Waals surface area contributed by atoms with E-state index in [1.54, 1.807) is 0 Å². The van der Waals surface area contributed by atoms with Crippen molar-refractivity contribution in [2.24, 2.45) is 11.8 Å². The average Bonchev–Trinajstić information content (AvgIpc) is 3.24. The molecule has 220 valence electrons. The summed E-state index contributed by atoms with van der Waals surface area (Å²) < 4.78 is 17.6. The normalized spacial score (nSPS) is 28.5. The van der Waals surface area contributed by atoms with Crippen molar-refractivity contribution in [3.05, 3.63) is 59.8 Å². The second kappa shape index (κ2) is 12.7. The van der Waals surface area contributed by atoms with Crippen LogP contribution in [0.3, 0.4) is 0 Å². The van der Waals surface area contributed by atoms with Crippen LogP contribution >= 0.6 is 0 Å². The number of ether oxygens (including phenoxy) is 3. The fourth-order valence-electron chi connectivity index (χ4n) is 5.55. The van der Waals surface area contributed by atoms with Gasteiger partial charge >= 0.3 is 23.9 Å². The van der Waals surface area contributed by atoms with Crippen molar-refractivity contribution < 1.29 is 43.6 Å². The molecule has 0 spiro atoms.